The molecule has 0 spiro atoms. The van der Waals surface area contributed by atoms with E-state index in [1.54, 1.807) is 4.68 Å². The molecule has 1 unspecified atom stereocenters. The number of aryl methyl sites for hydroxylation is 3. The maximum atomic E-state index is 12.7. The Morgan fingerprint density at radius 3 is 2.86 bits per heavy atom. The fourth-order valence-electron chi connectivity index (χ4n) is 4.40. The van der Waals surface area contributed by atoms with Gasteiger partial charge in [0, 0.05) is 24.8 Å². The molecule has 1 aliphatic carbocycles. The fraction of sp³-hybridized carbons (Fsp3) is 0.423. The van der Waals surface area contributed by atoms with Gasteiger partial charge in [-0.1, -0.05) is 18.2 Å². The summed E-state index contributed by atoms with van der Waals surface area (Å²) in [6, 6.07) is 9.69. The minimum atomic E-state index is -0.451. The molecule has 1 atom stereocenters. The number of para-hydroxylation sites is 1. The number of carbonyl (C=O) groups is 2. The number of rotatable bonds is 9. The first kappa shape index (κ1) is 25.6. The fourth-order valence-corrected chi connectivity index (χ4v) is 5.65. The van der Waals surface area contributed by atoms with Crippen molar-refractivity contribution in [2.24, 2.45) is 7.05 Å². The molecule has 2 heterocycles. The first-order chi connectivity index (χ1) is 17.3. The number of nitrogens with zero attached hydrogens (tertiary/aromatic N) is 2. The number of aromatic nitrogens is 2. The standard InChI is InChI=1S/C26H33N5O4S/c1-4-34-21-8-6-5-7-17(21)9-12-23(32)29-25-24(27)20-11-10-19(14-22(20)36-25)35-26(33)28-15-18-13-16(2)30-31(18)3/h5-8,13,19H,4,9-12,14-15,27H2,1-3H3,(H,28,33)(H,29,32). The van der Waals surface area contributed by atoms with Crippen LogP contribution < -0.4 is 21.1 Å². The Labute approximate surface area is 215 Å². The normalized spacial score (nSPS) is 14.7. The summed E-state index contributed by atoms with van der Waals surface area (Å²) in [6.45, 7) is 4.78. The van der Waals surface area contributed by atoms with E-state index in [-0.39, 0.29) is 12.0 Å². The van der Waals surface area contributed by atoms with Crippen LogP contribution in [0, 0.1) is 6.92 Å². The monoisotopic (exact) mass is 511 g/mol. The van der Waals surface area contributed by atoms with Crippen LogP contribution in [-0.4, -0.2) is 34.5 Å². The second-order valence-electron chi connectivity index (χ2n) is 8.86. The van der Waals surface area contributed by atoms with Crippen LogP contribution in [0.25, 0.3) is 0 Å². The minimum absolute atomic E-state index is 0.0934. The van der Waals surface area contributed by atoms with Crippen molar-refractivity contribution < 1.29 is 19.1 Å². The number of amides is 2. The summed E-state index contributed by atoms with van der Waals surface area (Å²) in [4.78, 5) is 26.0. The van der Waals surface area contributed by atoms with Crippen molar-refractivity contribution >= 4 is 34.0 Å². The summed E-state index contributed by atoms with van der Waals surface area (Å²) in [5.74, 6) is 0.716. The van der Waals surface area contributed by atoms with E-state index in [0.717, 1.165) is 33.1 Å². The highest BCUT2D eigenvalue weighted by Gasteiger charge is 2.27. The zero-order valence-corrected chi connectivity index (χ0v) is 21.7. The largest absolute Gasteiger partial charge is 0.494 e. The highest BCUT2D eigenvalue weighted by Crippen LogP contribution is 2.40. The Hall–Kier alpha value is -3.53. The third kappa shape index (κ3) is 6.17. The summed E-state index contributed by atoms with van der Waals surface area (Å²) in [5, 5.41) is 10.7. The topological polar surface area (TPSA) is 120 Å². The van der Waals surface area contributed by atoms with Crippen LogP contribution in [0.5, 0.6) is 5.75 Å². The molecular formula is C26H33N5O4S. The highest BCUT2D eigenvalue weighted by atomic mass is 32.1. The van der Waals surface area contributed by atoms with Crippen LogP contribution in [0.2, 0.25) is 0 Å². The van der Waals surface area contributed by atoms with Gasteiger partial charge >= 0.3 is 6.09 Å². The van der Waals surface area contributed by atoms with Gasteiger partial charge in [-0.25, -0.2) is 4.79 Å². The third-order valence-electron chi connectivity index (χ3n) is 6.19. The predicted molar refractivity (Wildman–Crippen MR) is 140 cm³/mol. The number of ether oxygens (including phenoxy) is 2. The van der Waals surface area contributed by atoms with Crippen molar-refractivity contribution in [3.63, 3.8) is 0 Å². The second-order valence-corrected chi connectivity index (χ2v) is 9.97. The Morgan fingerprint density at radius 2 is 2.11 bits per heavy atom. The molecule has 0 aliphatic heterocycles. The van der Waals surface area contributed by atoms with Crippen LogP contribution >= 0.6 is 11.3 Å². The van der Waals surface area contributed by atoms with E-state index in [9.17, 15) is 9.59 Å². The van der Waals surface area contributed by atoms with Crippen LogP contribution in [0.15, 0.2) is 30.3 Å². The van der Waals surface area contributed by atoms with Gasteiger partial charge < -0.3 is 25.8 Å². The lowest BCUT2D eigenvalue weighted by Gasteiger charge is -2.22. The van der Waals surface area contributed by atoms with E-state index in [2.05, 4.69) is 15.7 Å². The predicted octanol–water partition coefficient (Wildman–Crippen LogP) is 4.13. The summed E-state index contributed by atoms with van der Waals surface area (Å²) in [7, 11) is 1.84. The van der Waals surface area contributed by atoms with Crippen LogP contribution in [-0.2, 0) is 42.4 Å². The number of nitrogen functional groups attached to an aromatic ring is 1. The summed E-state index contributed by atoms with van der Waals surface area (Å²) in [5.41, 5.74) is 10.8. The Balaban J connectivity index is 1.29. The summed E-state index contributed by atoms with van der Waals surface area (Å²) < 4.78 is 13.0. The molecule has 0 saturated heterocycles. The molecule has 192 valence electrons. The maximum Gasteiger partial charge on any atom is 0.407 e. The number of hydrogen-bond donors (Lipinski definition) is 3. The third-order valence-corrected chi connectivity index (χ3v) is 7.38. The van der Waals surface area contributed by atoms with E-state index in [0.29, 0.717) is 55.9 Å². The molecule has 3 aromatic rings. The molecule has 2 amide bonds. The van der Waals surface area contributed by atoms with Crippen molar-refractivity contribution in [3.8, 4) is 5.75 Å². The number of hydrogen-bond acceptors (Lipinski definition) is 7. The molecule has 1 aromatic carbocycles. The first-order valence-electron chi connectivity index (χ1n) is 12.2. The smallest absolute Gasteiger partial charge is 0.407 e. The molecule has 4 rings (SSSR count). The lowest BCUT2D eigenvalue weighted by Crippen LogP contribution is -2.32. The Morgan fingerprint density at radius 1 is 1.31 bits per heavy atom. The molecule has 36 heavy (non-hydrogen) atoms. The van der Waals surface area contributed by atoms with E-state index in [1.165, 1.54) is 11.3 Å². The van der Waals surface area contributed by atoms with Gasteiger partial charge in [0.05, 0.1) is 30.2 Å². The zero-order chi connectivity index (χ0) is 25.7. The van der Waals surface area contributed by atoms with Gasteiger partial charge in [-0.05, 0) is 56.4 Å². The molecule has 10 heteroatoms. The molecule has 4 N–H and O–H groups in total. The summed E-state index contributed by atoms with van der Waals surface area (Å²) >= 11 is 1.46. The molecule has 0 fully saturated rings. The number of thiophene rings is 1. The summed E-state index contributed by atoms with van der Waals surface area (Å²) in [6.07, 6.45) is 2.20. The van der Waals surface area contributed by atoms with Crippen molar-refractivity contribution in [3.05, 3.63) is 57.7 Å². The van der Waals surface area contributed by atoms with E-state index >= 15 is 0 Å². The average molecular weight is 512 g/mol. The van der Waals surface area contributed by atoms with Gasteiger partial charge in [0.2, 0.25) is 5.91 Å². The Bertz CT molecular complexity index is 1240. The van der Waals surface area contributed by atoms with Gasteiger partial charge in [-0.15, -0.1) is 11.3 Å². The van der Waals surface area contributed by atoms with Gasteiger partial charge in [0.25, 0.3) is 0 Å². The number of fused-ring (bicyclic) bond motifs is 1. The first-order valence-corrected chi connectivity index (χ1v) is 13.0. The van der Waals surface area contributed by atoms with E-state index in [1.807, 2.05) is 51.2 Å². The van der Waals surface area contributed by atoms with Crippen molar-refractivity contribution in [2.75, 3.05) is 17.7 Å². The number of benzene rings is 1. The van der Waals surface area contributed by atoms with Crippen molar-refractivity contribution in [2.45, 2.75) is 58.6 Å². The van der Waals surface area contributed by atoms with E-state index < -0.39 is 6.09 Å². The average Bonchev–Trinajstić information content (AvgIpc) is 3.34. The van der Waals surface area contributed by atoms with Crippen LogP contribution in [0.4, 0.5) is 15.5 Å². The zero-order valence-electron chi connectivity index (χ0n) is 20.9. The molecular weight excluding hydrogens is 478 g/mol. The molecule has 1 aliphatic rings. The molecule has 0 saturated carbocycles. The molecule has 9 nitrogen and oxygen atoms in total. The van der Waals surface area contributed by atoms with Gasteiger partial charge in [-0.3, -0.25) is 9.48 Å². The van der Waals surface area contributed by atoms with Crippen molar-refractivity contribution in [1.82, 2.24) is 15.1 Å². The van der Waals surface area contributed by atoms with Gasteiger partial charge in [0.1, 0.15) is 16.9 Å². The quantitative estimate of drug-likeness (QED) is 0.397. The van der Waals surface area contributed by atoms with Crippen LogP contribution in [0.1, 0.15) is 47.2 Å². The SMILES string of the molecule is CCOc1ccccc1CCC(=O)Nc1sc2c(c1N)CCC(OC(=O)NCc1cc(C)nn1C)C2. The minimum Gasteiger partial charge on any atom is -0.494 e. The molecule has 0 bridgehead atoms. The number of carbonyl (C=O) groups excluding carboxylic acids is 2. The second kappa shape index (κ2) is 11.5. The maximum absolute atomic E-state index is 12.7. The van der Waals surface area contributed by atoms with Crippen LogP contribution in [0.3, 0.4) is 0 Å². The van der Waals surface area contributed by atoms with Gasteiger partial charge in [0.15, 0.2) is 0 Å². The Kier molecular flexibility index (Phi) is 8.14. The lowest BCUT2D eigenvalue weighted by molar-refractivity contribution is -0.116. The van der Waals surface area contributed by atoms with Crippen molar-refractivity contribution in [1.29, 1.82) is 0 Å². The van der Waals surface area contributed by atoms with Gasteiger partial charge in [-0.2, -0.15) is 5.10 Å². The lowest BCUT2D eigenvalue weighted by atomic mass is 9.95. The number of alkyl carbamates (subject to hydrolysis) is 1. The molecule has 0 radical (unpaired) electrons. The van der Waals surface area contributed by atoms with E-state index in [4.69, 9.17) is 15.2 Å². The number of nitrogens with one attached hydrogen (secondary N) is 2. The highest BCUT2D eigenvalue weighted by molar-refractivity contribution is 7.17. The number of nitrogens with two attached hydrogens (primary N) is 1. The molecule has 2 aromatic heterocycles. The number of anilines is 2.